The Kier molecular flexibility index (Phi) is 5.99. The molecule has 5 heteroatoms. The van der Waals surface area contributed by atoms with Gasteiger partial charge < -0.3 is 24.3 Å². The zero-order chi connectivity index (χ0) is 15.1. The van der Waals surface area contributed by atoms with Gasteiger partial charge in [0.15, 0.2) is 11.5 Å². The fourth-order valence-corrected chi connectivity index (χ4v) is 2.66. The van der Waals surface area contributed by atoms with Gasteiger partial charge in [0.1, 0.15) is 5.75 Å². The molecule has 0 amide bonds. The third kappa shape index (κ3) is 4.17. The van der Waals surface area contributed by atoms with E-state index < -0.39 is 0 Å². The molecule has 0 bridgehead atoms. The van der Waals surface area contributed by atoms with Gasteiger partial charge in [0.25, 0.3) is 0 Å². The fourth-order valence-electron chi connectivity index (χ4n) is 2.66. The minimum absolute atomic E-state index is 0.586. The molecule has 118 valence electrons. The smallest absolute Gasteiger partial charge is 0.203 e. The highest BCUT2D eigenvalue weighted by Crippen LogP contribution is 2.40. The quantitative estimate of drug-likeness (QED) is 0.747. The SMILES string of the molecule is COc1cc(OCCCC2CCCN2)cc(OC)c1OC. The Morgan fingerprint density at radius 1 is 1.10 bits per heavy atom. The maximum Gasteiger partial charge on any atom is 0.203 e. The first-order chi connectivity index (χ1) is 10.3. The Balaban J connectivity index is 1.89. The average molecular weight is 295 g/mol. The van der Waals surface area contributed by atoms with E-state index in [0.29, 0.717) is 29.9 Å². The van der Waals surface area contributed by atoms with Gasteiger partial charge in [-0.1, -0.05) is 0 Å². The number of hydrogen-bond acceptors (Lipinski definition) is 5. The van der Waals surface area contributed by atoms with Gasteiger partial charge in [0, 0.05) is 18.2 Å². The maximum atomic E-state index is 5.81. The second-order valence-corrected chi connectivity index (χ2v) is 5.15. The summed E-state index contributed by atoms with van der Waals surface area (Å²) in [4.78, 5) is 0. The van der Waals surface area contributed by atoms with Crippen molar-refractivity contribution in [1.82, 2.24) is 5.32 Å². The highest BCUT2D eigenvalue weighted by molar-refractivity contribution is 5.55. The summed E-state index contributed by atoms with van der Waals surface area (Å²) in [6.07, 6.45) is 4.77. The van der Waals surface area contributed by atoms with Crippen LogP contribution in [-0.4, -0.2) is 40.5 Å². The Morgan fingerprint density at radius 2 is 1.81 bits per heavy atom. The molecule has 0 radical (unpaired) electrons. The number of rotatable bonds is 8. The minimum Gasteiger partial charge on any atom is -0.493 e. The van der Waals surface area contributed by atoms with Crippen molar-refractivity contribution in [3.63, 3.8) is 0 Å². The molecule has 1 saturated heterocycles. The van der Waals surface area contributed by atoms with E-state index in [1.54, 1.807) is 21.3 Å². The van der Waals surface area contributed by atoms with Crippen LogP contribution in [0.3, 0.4) is 0 Å². The maximum absolute atomic E-state index is 5.81. The third-order valence-electron chi connectivity index (χ3n) is 3.77. The van der Waals surface area contributed by atoms with E-state index >= 15 is 0 Å². The van der Waals surface area contributed by atoms with Gasteiger partial charge in [-0.25, -0.2) is 0 Å². The van der Waals surface area contributed by atoms with Crippen LogP contribution in [0.2, 0.25) is 0 Å². The predicted octanol–water partition coefficient (Wildman–Crippen LogP) is 2.62. The molecule has 1 aromatic rings. The number of methoxy groups -OCH3 is 3. The summed E-state index contributed by atoms with van der Waals surface area (Å²) in [6, 6.07) is 4.32. The third-order valence-corrected chi connectivity index (χ3v) is 3.77. The number of ether oxygens (including phenoxy) is 4. The Morgan fingerprint density at radius 3 is 2.33 bits per heavy atom. The summed E-state index contributed by atoms with van der Waals surface area (Å²) >= 11 is 0. The van der Waals surface area contributed by atoms with E-state index in [4.69, 9.17) is 18.9 Å². The molecule has 0 saturated carbocycles. The van der Waals surface area contributed by atoms with Crippen LogP contribution in [0, 0.1) is 0 Å². The van der Waals surface area contributed by atoms with E-state index in [-0.39, 0.29) is 0 Å². The highest BCUT2D eigenvalue weighted by Gasteiger charge is 2.15. The van der Waals surface area contributed by atoms with Gasteiger partial charge >= 0.3 is 0 Å². The lowest BCUT2D eigenvalue weighted by Crippen LogP contribution is -2.21. The van der Waals surface area contributed by atoms with Gasteiger partial charge in [-0.3, -0.25) is 0 Å². The van der Waals surface area contributed by atoms with Crippen LogP contribution in [0.1, 0.15) is 25.7 Å². The molecule has 1 aromatic carbocycles. The zero-order valence-corrected chi connectivity index (χ0v) is 13.1. The molecule has 0 aliphatic carbocycles. The highest BCUT2D eigenvalue weighted by atomic mass is 16.5. The van der Waals surface area contributed by atoms with E-state index in [0.717, 1.165) is 25.1 Å². The van der Waals surface area contributed by atoms with Crippen LogP contribution in [0.5, 0.6) is 23.0 Å². The number of hydrogen-bond donors (Lipinski definition) is 1. The van der Waals surface area contributed by atoms with E-state index in [1.165, 1.54) is 12.8 Å². The molecule has 1 aliphatic rings. The first kappa shape index (κ1) is 15.8. The number of nitrogens with one attached hydrogen (secondary N) is 1. The van der Waals surface area contributed by atoms with Gasteiger partial charge in [0.2, 0.25) is 5.75 Å². The molecule has 1 N–H and O–H groups in total. The van der Waals surface area contributed by atoms with Crippen molar-refractivity contribution in [2.24, 2.45) is 0 Å². The van der Waals surface area contributed by atoms with Crippen molar-refractivity contribution >= 4 is 0 Å². The van der Waals surface area contributed by atoms with Crippen LogP contribution >= 0.6 is 0 Å². The monoisotopic (exact) mass is 295 g/mol. The first-order valence-corrected chi connectivity index (χ1v) is 7.44. The van der Waals surface area contributed by atoms with Crippen molar-refractivity contribution in [2.75, 3.05) is 34.5 Å². The predicted molar refractivity (Wildman–Crippen MR) is 81.9 cm³/mol. The van der Waals surface area contributed by atoms with Gasteiger partial charge in [-0.05, 0) is 32.2 Å². The van der Waals surface area contributed by atoms with Crippen LogP contribution in [0.25, 0.3) is 0 Å². The topological polar surface area (TPSA) is 49.0 Å². The van der Waals surface area contributed by atoms with Gasteiger partial charge in [-0.2, -0.15) is 0 Å². The molecule has 1 aliphatic heterocycles. The lowest BCUT2D eigenvalue weighted by Gasteiger charge is -2.15. The zero-order valence-electron chi connectivity index (χ0n) is 13.1. The molecule has 1 atom stereocenters. The van der Waals surface area contributed by atoms with Crippen molar-refractivity contribution < 1.29 is 18.9 Å². The molecule has 1 unspecified atom stereocenters. The summed E-state index contributed by atoms with van der Waals surface area (Å²) in [6.45, 7) is 1.84. The Hall–Kier alpha value is -1.62. The lowest BCUT2D eigenvalue weighted by atomic mass is 10.1. The Bertz CT molecular complexity index is 419. The Labute approximate surface area is 126 Å². The summed E-state index contributed by atoms with van der Waals surface area (Å²) in [5, 5.41) is 3.49. The van der Waals surface area contributed by atoms with Gasteiger partial charge in [-0.15, -0.1) is 0 Å². The first-order valence-electron chi connectivity index (χ1n) is 7.44. The molecule has 21 heavy (non-hydrogen) atoms. The second kappa shape index (κ2) is 7.98. The molecule has 5 nitrogen and oxygen atoms in total. The average Bonchev–Trinajstić information content (AvgIpc) is 3.03. The molecule has 2 rings (SSSR count). The van der Waals surface area contributed by atoms with Gasteiger partial charge in [0.05, 0.1) is 27.9 Å². The standard InChI is InChI=1S/C16H25NO4/c1-18-14-10-13(11-15(19-2)16(14)20-3)21-9-5-7-12-6-4-8-17-12/h10-12,17H,4-9H2,1-3H3. The minimum atomic E-state index is 0.586. The summed E-state index contributed by atoms with van der Waals surface area (Å²) in [5.41, 5.74) is 0. The summed E-state index contributed by atoms with van der Waals surface area (Å²) < 4.78 is 21.7. The summed E-state index contributed by atoms with van der Waals surface area (Å²) in [7, 11) is 4.80. The molecule has 1 fully saturated rings. The second-order valence-electron chi connectivity index (χ2n) is 5.15. The molecule has 0 spiro atoms. The van der Waals surface area contributed by atoms with E-state index in [2.05, 4.69) is 5.32 Å². The molecule has 0 aromatic heterocycles. The number of benzene rings is 1. The van der Waals surface area contributed by atoms with E-state index in [1.807, 2.05) is 12.1 Å². The van der Waals surface area contributed by atoms with Crippen LogP contribution in [0.4, 0.5) is 0 Å². The molecular weight excluding hydrogens is 270 g/mol. The van der Waals surface area contributed by atoms with Crippen molar-refractivity contribution in [3.8, 4) is 23.0 Å². The summed E-state index contributed by atoms with van der Waals surface area (Å²) in [5.74, 6) is 2.56. The van der Waals surface area contributed by atoms with Crippen molar-refractivity contribution in [1.29, 1.82) is 0 Å². The molecule has 1 heterocycles. The molecular formula is C16H25NO4. The van der Waals surface area contributed by atoms with Crippen molar-refractivity contribution in [2.45, 2.75) is 31.7 Å². The normalized spacial score (nSPS) is 17.6. The van der Waals surface area contributed by atoms with Crippen LogP contribution in [-0.2, 0) is 0 Å². The largest absolute Gasteiger partial charge is 0.493 e. The van der Waals surface area contributed by atoms with E-state index in [9.17, 15) is 0 Å². The van der Waals surface area contributed by atoms with Crippen LogP contribution < -0.4 is 24.3 Å². The van der Waals surface area contributed by atoms with Crippen molar-refractivity contribution in [3.05, 3.63) is 12.1 Å². The fraction of sp³-hybridized carbons (Fsp3) is 0.625. The lowest BCUT2D eigenvalue weighted by molar-refractivity contribution is 0.287. The van der Waals surface area contributed by atoms with Crippen LogP contribution in [0.15, 0.2) is 12.1 Å².